The second kappa shape index (κ2) is 5.63. The van der Waals surface area contributed by atoms with E-state index >= 15 is 0 Å². The van der Waals surface area contributed by atoms with Crippen molar-refractivity contribution in [2.24, 2.45) is 0 Å². The number of Topliss-reactive ketones (excluding diaryl/α,β-unsaturated/α-hetero) is 1. The Kier molecular flexibility index (Phi) is 4.15. The topological polar surface area (TPSA) is 17.1 Å². The van der Waals surface area contributed by atoms with Gasteiger partial charge in [-0.3, -0.25) is 4.79 Å². The second-order valence-electron chi connectivity index (χ2n) is 3.93. The molecular weight excluding hydrogens is 271 g/mol. The third kappa shape index (κ3) is 2.79. The van der Waals surface area contributed by atoms with Gasteiger partial charge in [0.2, 0.25) is 0 Å². The molecule has 2 aromatic rings. The third-order valence-electron chi connectivity index (χ3n) is 2.67. The van der Waals surface area contributed by atoms with Crippen LogP contribution in [0, 0.1) is 5.82 Å². The van der Waals surface area contributed by atoms with Crippen molar-refractivity contribution >= 4 is 28.7 Å². The first kappa shape index (κ1) is 13.2. The Morgan fingerprint density at radius 2 is 2.11 bits per heavy atom. The van der Waals surface area contributed by atoms with E-state index in [1.165, 1.54) is 17.4 Å². The molecule has 1 heterocycles. The average Bonchev–Trinajstić information content (AvgIpc) is 2.83. The Bertz CT molecular complexity index is 577. The van der Waals surface area contributed by atoms with Gasteiger partial charge in [-0.25, -0.2) is 4.39 Å². The Morgan fingerprint density at radius 1 is 1.33 bits per heavy atom. The van der Waals surface area contributed by atoms with Crippen molar-refractivity contribution in [1.82, 2.24) is 0 Å². The summed E-state index contributed by atoms with van der Waals surface area (Å²) in [5.74, 6) is -0.569. The average molecular weight is 283 g/mol. The van der Waals surface area contributed by atoms with Crippen molar-refractivity contribution in [1.29, 1.82) is 0 Å². The minimum Gasteiger partial charge on any atom is -0.293 e. The molecule has 0 saturated heterocycles. The highest BCUT2D eigenvalue weighted by Crippen LogP contribution is 2.22. The summed E-state index contributed by atoms with van der Waals surface area (Å²) in [7, 11) is 0. The minimum atomic E-state index is -0.500. The maximum Gasteiger partial charge on any atom is 0.177 e. The quantitative estimate of drug-likeness (QED) is 0.753. The zero-order chi connectivity index (χ0) is 13.1. The Labute approximate surface area is 114 Å². The molecule has 1 aromatic carbocycles. The zero-order valence-electron chi connectivity index (χ0n) is 9.87. The molecule has 0 fully saturated rings. The van der Waals surface area contributed by atoms with Gasteiger partial charge in [-0.2, -0.15) is 0 Å². The zero-order valence-corrected chi connectivity index (χ0v) is 11.4. The molecule has 94 valence electrons. The van der Waals surface area contributed by atoms with E-state index in [2.05, 4.69) is 0 Å². The first-order chi connectivity index (χ1) is 8.61. The van der Waals surface area contributed by atoms with Crippen molar-refractivity contribution < 1.29 is 9.18 Å². The molecule has 0 bridgehead atoms. The highest BCUT2D eigenvalue weighted by atomic mass is 35.5. The summed E-state index contributed by atoms with van der Waals surface area (Å²) in [6, 6.07) is 8.46. The van der Waals surface area contributed by atoms with Crippen LogP contribution >= 0.6 is 22.9 Å². The van der Waals surface area contributed by atoms with E-state index in [0.717, 1.165) is 11.3 Å². The number of carbonyl (C=O) groups is 1. The maximum absolute atomic E-state index is 13.7. The van der Waals surface area contributed by atoms with Crippen molar-refractivity contribution in [3.8, 4) is 0 Å². The lowest BCUT2D eigenvalue weighted by molar-refractivity contribution is 0.0995. The summed E-state index contributed by atoms with van der Waals surface area (Å²) < 4.78 is 13.7. The Balaban J connectivity index is 2.18. The number of benzene rings is 1. The van der Waals surface area contributed by atoms with E-state index in [4.69, 9.17) is 11.6 Å². The van der Waals surface area contributed by atoms with Crippen LogP contribution in [0.15, 0.2) is 30.3 Å². The fraction of sp³-hybridized carbons (Fsp3) is 0.214. The van der Waals surface area contributed by atoms with Gasteiger partial charge in [0.1, 0.15) is 5.82 Å². The van der Waals surface area contributed by atoms with E-state index in [0.29, 0.717) is 10.4 Å². The molecular formula is C14H12ClFOS. The Morgan fingerprint density at radius 3 is 2.78 bits per heavy atom. The van der Waals surface area contributed by atoms with Gasteiger partial charge in [-0.05, 0) is 30.2 Å². The minimum absolute atomic E-state index is 0.0516. The van der Waals surface area contributed by atoms with Crippen molar-refractivity contribution in [2.45, 2.75) is 19.8 Å². The summed E-state index contributed by atoms with van der Waals surface area (Å²) in [6.07, 6.45) is 0.958. The Hall–Kier alpha value is -1.19. The molecule has 0 aliphatic carbocycles. The summed E-state index contributed by atoms with van der Waals surface area (Å²) >= 11 is 7.15. The van der Waals surface area contributed by atoms with Gasteiger partial charge >= 0.3 is 0 Å². The number of aryl methyl sites for hydroxylation is 1. The van der Waals surface area contributed by atoms with Crippen LogP contribution in [-0.4, -0.2) is 5.78 Å². The van der Waals surface area contributed by atoms with Crippen molar-refractivity contribution in [3.63, 3.8) is 0 Å². The summed E-state index contributed by atoms with van der Waals surface area (Å²) in [5, 5.41) is 0.0562. The smallest absolute Gasteiger partial charge is 0.177 e. The first-order valence-electron chi connectivity index (χ1n) is 5.66. The molecule has 0 N–H and O–H groups in total. The lowest BCUT2D eigenvalue weighted by atomic mass is 10.1. The molecule has 0 amide bonds. The number of hydrogen-bond donors (Lipinski definition) is 0. The van der Waals surface area contributed by atoms with Crippen LogP contribution in [0.4, 0.5) is 4.39 Å². The molecule has 0 saturated carbocycles. The van der Waals surface area contributed by atoms with Crippen molar-refractivity contribution in [3.05, 3.63) is 56.5 Å². The highest BCUT2D eigenvalue weighted by Gasteiger charge is 2.13. The van der Waals surface area contributed by atoms with E-state index in [1.807, 2.05) is 13.0 Å². The van der Waals surface area contributed by atoms with Gasteiger partial charge < -0.3 is 0 Å². The van der Waals surface area contributed by atoms with Crippen LogP contribution in [0.2, 0.25) is 5.02 Å². The van der Waals surface area contributed by atoms with Crippen LogP contribution in [0.3, 0.4) is 0 Å². The summed E-state index contributed by atoms with van der Waals surface area (Å²) in [4.78, 5) is 13.8. The lowest BCUT2D eigenvalue weighted by Crippen LogP contribution is -2.03. The number of rotatable bonds is 4. The third-order valence-corrected chi connectivity index (χ3v) is 4.23. The molecule has 0 unspecified atom stereocenters. The molecule has 0 aliphatic rings. The lowest BCUT2D eigenvalue weighted by Gasteiger charge is -2.02. The molecule has 1 nitrogen and oxygen atoms in total. The fourth-order valence-corrected chi connectivity index (χ4v) is 2.74. The molecule has 0 aliphatic heterocycles. The molecule has 18 heavy (non-hydrogen) atoms. The number of thiophene rings is 1. The van der Waals surface area contributed by atoms with Crippen LogP contribution in [-0.2, 0) is 12.8 Å². The number of carbonyl (C=O) groups excluding carboxylic acids is 1. The number of ketones is 1. The van der Waals surface area contributed by atoms with Gasteiger partial charge in [0, 0.05) is 11.3 Å². The molecule has 1 aromatic heterocycles. The molecule has 0 atom stereocenters. The van der Waals surface area contributed by atoms with Crippen molar-refractivity contribution in [2.75, 3.05) is 0 Å². The monoisotopic (exact) mass is 282 g/mol. The normalized spacial score (nSPS) is 10.6. The van der Waals surface area contributed by atoms with Gasteiger partial charge in [0.25, 0.3) is 0 Å². The summed E-state index contributed by atoms with van der Waals surface area (Å²) in [5.41, 5.74) is 0.346. The van der Waals surface area contributed by atoms with E-state index in [1.54, 1.807) is 18.2 Å². The standard InChI is InChI=1S/C14H12ClFOS/c1-2-10-6-7-13(18-10)12(17)8-9-4-3-5-11(15)14(9)16/h3-7H,2,8H2,1H3. The summed E-state index contributed by atoms with van der Waals surface area (Å²) in [6.45, 7) is 2.04. The van der Waals surface area contributed by atoms with E-state index in [9.17, 15) is 9.18 Å². The SMILES string of the molecule is CCc1ccc(C(=O)Cc2cccc(Cl)c2F)s1. The maximum atomic E-state index is 13.7. The second-order valence-corrected chi connectivity index (χ2v) is 5.51. The van der Waals surface area contributed by atoms with E-state index in [-0.39, 0.29) is 17.2 Å². The first-order valence-corrected chi connectivity index (χ1v) is 6.86. The predicted octanol–water partition coefficient (Wildman–Crippen LogP) is 4.53. The number of hydrogen-bond acceptors (Lipinski definition) is 2. The van der Waals surface area contributed by atoms with Crippen LogP contribution in [0.1, 0.15) is 27.0 Å². The predicted molar refractivity (Wildman–Crippen MR) is 73.1 cm³/mol. The van der Waals surface area contributed by atoms with Crippen LogP contribution in [0.25, 0.3) is 0 Å². The number of halogens is 2. The molecule has 4 heteroatoms. The van der Waals surface area contributed by atoms with Crippen LogP contribution in [0.5, 0.6) is 0 Å². The van der Waals surface area contributed by atoms with E-state index < -0.39 is 5.82 Å². The van der Waals surface area contributed by atoms with Gasteiger partial charge in [0.05, 0.1) is 9.90 Å². The van der Waals surface area contributed by atoms with Gasteiger partial charge in [0.15, 0.2) is 5.78 Å². The fourth-order valence-electron chi connectivity index (χ4n) is 1.66. The van der Waals surface area contributed by atoms with Gasteiger partial charge in [-0.1, -0.05) is 30.7 Å². The molecule has 2 rings (SSSR count). The highest BCUT2D eigenvalue weighted by molar-refractivity contribution is 7.14. The largest absolute Gasteiger partial charge is 0.293 e. The molecule has 0 spiro atoms. The molecule has 0 radical (unpaired) electrons. The van der Waals surface area contributed by atoms with Gasteiger partial charge in [-0.15, -0.1) is 11.3 Å². The van der Waals surface area contributed by atoms with Crippen LogP contribution < -0.4 is 0 Å².